The molecule has 124 valence electrons. The van der Waals surface area contributed by atoms with Crippen molar-refractivity contribution >= 4 is 11.5 Å². The highest BCUT2D eigenvalue weighted by molar-refractivity contribution is 5.46. The van der Waals surface area contributed by atoms with Gasteiger partial charge < -0.3 is 4.90 Å². The Balaban J connectivity index is 1.41. The Kier molecular flexibility index (Phi) is 3.86. The van der Waals surface area contributed by atoms with Crippen molar-refractivity contribution in [3.63, 3.8) is 0 Å². The Morgan fingerprint density at radius 3 is 2.46 bits per heavy atom. The van der Waals surface area contributed by atoms with Crippen LogP contribution in [0, 0.1) is 12.7 Å². The van der Waals surface area contributed by atoms with E-state index in [-0.39, 0.29) is 5.82 Å². The van der Waals surface area contributed by atoms with Gasteiger partial charge in [-0.05, 0) is 36.8 Å². The molecule has 0 N–H and O–H groups in total. The monoisotopic (exact) mass is 326 g/mol. The van der Waals surface area contributed by atoms with Crippen molar-refractivity contribution in [2.45, 2.75) is 13.5 Å². The minimum atomic E-state index is -0.186. The van der Waals surface area contributed by atoms with Crippen molar-refractivity contribution in [1.29, 1.82) is 0 Å². The number of nitrogens with zero attached hydrogens (tertiary/aromatic N) is 6. The van der Waals surface area contributed by atoms with E-state index >= 15 is 0 Å². The molecule has 0 spiro atoms. The second-order valence-electron chi connectivity index (χ2n) is 6.10. The molecule has 1 aliphatic heterocycles. The van der Waals surface area contributed by atoms with Crippen molar-refractivity contribution in [3.05, 3.63) is 53.6 Å². The van der Waals surface area contributed by atoms with Gasteiger partial charge in [0.15, 0.2) is 11.5 Å². The smallest absolute Gasteiger partial charge is 0.178 e. The first-order valence-electron chi connectivity index (χ1n) is 8.10. The number of aromatic nitrogens is 4. The predicted octanol–water partition coefficient (Wildman–Crippen LogP) is 1.89. The topological polar surface area (TPSA) is 49.6 Å². The first kappa shape index (κ1) is 15.0. The van der Waals surface area contributed by atoms with Gasteiger partial charge in [-0.1, -0.05) is 12.1 Å². The standard InChI is InChI=1S/C17H19FN6/c1-13-19-20-16-6-7-17(21-24(13)16)23-10-8-22(9-11-23)12-14-2-4-15(18)5-3-14/h2-7H,8-12H2,1H3. The third-order valence-electron chi connectivity index (χ3n) is 4.42. The Bertz CT molecular complexity index is 836. The molecule has 3 aromatic rings. The number of fused-ring (bicyclic) bond motifs is 1. The molecule has 0 saturated carbocycles. The number of piperazine rings is 1. The van der Waals surface area contributed by atoms with Crippen LogP contribution in [0.15, 0.2) is 36.4 Å². The quantitative estimate of drug-likeness (QED) is 0.736. The summed E-state index contributed by atoms with van der Waals surface area (Å²) in [4.78, 5) is 4.66. The van der Waals surface area contributed by atoms with Gasteiger partial charge in [0.2, 0.25) is 0 Å². The minimum absolute atomic E-state index is 0.186. The van der Waals surface area contributed by atoms with Crippen LogP contribution in [-0.4, -0.2) is 50.9 Å². The van der Waals surface area contributed by atoms with Gasteiger partial charge >= 0.3 is 0 Å². The first-order valence-corrected chi connectivity index (χ1v) is 8.10. The van der Waals surface area contributed by atoms with Crippen LogP contribution in [-0.2, 0) is 6.54 Å². The molecule has 3 heterocycles. The average Bonchev–Trinajstić information content (AvgIpc) is 2.98. The maximum Gasteiger partial charge on any atom is 0.178 e. The van der Waals surface area contributed by atoms with Crippen LogP contribution in [0.2, 0.25) is 0 Å². The molecule has 1 aromatic carbocycles. The summed E-state index contributed by atoms with van der Waals surface area (Å²) in [5.41, 5.74) is 1.91. The largest absolute Gasteiger partial charge is 0.353 e. The van der Waals surface area contributed by atoms with Crippen molar-refractivity contribution in [1.82, 2.24) is 24.7 Å². The number of hydrogen-bond donors (Lipinski definition) is 0. The maximum absolute atomic E-state index is 13.0. The molecule has 0 aliphatic carbocycles. The van der Waals surface area contributed by atoms with Crippen LogP contribution in [0.1, 0.15) is 11.4 Å². The van der Waals surface area contributed by atoms with Gasteiger partial charge in [-0.3, -0.25) is 4.90 Å². The van der Waals surface area contributed by atoms with E-state index in [0.29, 0.717) is 0 Å². The normalized spacial score (nSPS) is 16.0. The third-order valence-corrected chi connectivity index (χ3v) is 4.42. The molecule has 1 fully saturated rings. The zero-order chi connectivity index (χ0) is 16.5. The number of anilines is 1. The fourth-order valence-electron chi connectivity index (χ4n) is 3.04. The summed E-state index contributed by atoms with van der Waals surface area (Å²) in [6.07, 6.45) is 0. The third kappa shape index (κ3) is 2.94. The van der Waals surface area contributed by atoms with Gasteiger partial charge in [0, 0.05) is 32.7 Å². The molecule has 6 nitrogen and oxygen atoms in total. The van der Waals surface area contributed by atoms with E-state index in [9.17, 15) is 4.39 Å². The molecule has 0 atom stereocenters. The first-order chi connectivity index (χ1) is 11.7. The van der Waals surface area contributed by atoms with E-state index in [4.69, 9.17) is 0 Å². The minimum Gasteiger partial charge on any atom is -0.353 e. The lowest BCUT2D eigenvalue weighted by Crippen LogP contribution is -2.46. The molecule has 24 heavy (non-hydrogen) atoms. The molecule has 0 unspecified atom stereocenters. The van der Waals surface area contributed by atoms with Crippen molar-refractivity contribution in [3.8, 4) is 0 Å². The van der Waals surface area contributed by atoms with E-state index < -0.39 is 0 Å². The highest BCUT2D eigenvalue weighted by Crippen LogP contribution is 2.16. The summed E-state index contributed by atoms with van der Waals surface area (Å²) >= 11 is 0. The summed E-state index contributed by atoms with van der Waals surface area (Å²) in [5.74, 6) is 1.56. The lowest BCUT2D eigenvalue weighted by molar-refractivity contribution is 0.249. The van der Waals surface area contributed by atoms with Gasteiger partial charge in [-0.25, -0.2) is 4.39 Å². The molecule has 1 aliphatic rings. The van der Waals surface area contributed by atoms with E-state index in [1.807, 2.05) is 31.2 Å². The van der Waals surface area contributed by atoms with Crippen LogP contribution >= 0.6 is 0 Å². The Morgan fingerprint density at radius 2 is 1.71 bits per heavy atom. The van der Waals surface area contributed by atoms with Crippen LogP contribution in [0.3, 0.4) is 0 Å². The van der Waals surface area contributed by atoms with Crippen LogP contribution in [0.5, 0.6) is 0 Å². The SMILES string of the molecule is Cc1nnc2ccc(N3CCN(Cc4ccc(F)cc4)CC3)nn12. The van der Waals surface area contributed by atoms with Crippen molar-refractivity contribution < 1.29 is 4.39 Å². The Morgan fingerprint density at radius 1 is 0.958 bits per heavy atom. The molecule has 4 rings (SSSR count). The summed E-state index contributed by atoms with van der Waals surface area (Å²) in [7, 11) is 0. The van der Waals surface area contributed by atoms with Crippen LogP contribution in [0.4, 0.5) is 10.2 Å². The summed E-state index contributed by atoms with van der Waals surface area (Å²) in [6.45, 7) is 6.50. The van der Waals surface area contributed by atoms with Crippen LogP contribution in [0.25, 0.3) is 5.65 Å². The van der Waals surface area contributed by atoms with Gasteiger partial charge in [-0.2, -0.15) is 4.52 Å². The average molecular weight is 326 g/mol. The molecule has 0 radical (unpaired) electrons. The zero-order valence-corrected chi connectivity index (χ0v) is 13.6. The lowest BCUT2D eigenvalue weighted by atomic mass is 10.2. The fraction of sp³-hybridized carbons (Fsp3) is 0.353. The van der Waals surface area contributed by atoms with Gasteiger partial charge in [0.1, 0.15) is 11.6 Å². The van der Waals surface area contributed by atoms with E-state index in [1.165, 1.54) is 12.1 Å². The fourth-order valence-corrected chi connectivity index (χ4v) is 3.04. The molecular formula is C17H19FN6. The Hall–Kier alpha value is -2.54. The Labute approximate surface area is 139 Å². The van der Waals surface area contributed by atoms with Gasteiger partial charge in [0.05, 0.1) is 0 Å². The summed E-state index contributed by atoms with van der Waals surface area (Å²) < 4.78 is 14.8. The summed E-state index contributed by atoms with van der Waals surface area (Å²) in [5, 5.41) is 12.7. The number of rotatable bonds is 3. The zero-order valence-electron chi connectivity index (χ0n) is 13.6. The summed E-state index contributed by atoms with van der Waals surface area (Å²) in [6, 6.07) is 10.7. The second kappa shape index (κ2) is 6.16. The lowest BCUT2D eigenvalue weighted by Gasteiger charge is -2.35. The highest BCUT2D eigenvalue weighted by atomic mass is 19.1. The van der Waals surface area contributed by atoms with E-state index in [0.717, 1.165) is 55.6 Å². The molecular weight excluding hydrogens is 307 g/mol. The molecule has 0 amide bonds. The van der Waals surface area contributed by atoms with Crippen molar-refractivity contribution in [2.75, 3.05) is 31.1 Å². The second-order valence-corrected chi connectivity index (χ2v) is 6.10. The highest BCUT2D eigenvalue weighted by Gasteiger charge is 2.19. The number of aryl methyl sites for hydroxylation is 1. The number of benzene rings is 1. The van der Waals surface area contributed by atoms with Crippen LogP contribution < -0.4 is 4.90 Å². The van der Waals surface area contributed by atoms with E-state index in [2.05, 4.69) is 25.1 Å². The van der Waals surface area contributed by atoms with Crippen molar-refractivity contribution in [2.24, 2.45) is 0 Å². The maximum atomic E-state index is 13.0. The predicted molar refractivity (Wildman–Crippen MR) is 89.4 cm³/mol. The molecule has 0 bridgehead atoms. The molecule has 7 heteroatoms. The number of halogens is 1. The van der Waals surface area contributed by atoms with Gasteiger partial charge in [-0.15, -0.1) is 15.3 Å². The van der Waals surface area contributed by atoms with Gasteiger partial charge in [0.25, 0.3) is 0 Å². The van der Waals surface area contributed by atoms with E-state index in [1.54, 1.807) is 4.52 Å². The molecule has 1 saturated heterocycles. The number of hydrogen-bond acceptors (Lipinski definition) is 5. The molecule has 2 aromatic heterocycles.